The normalized spacial score (nSPS) is 18.2. The van der Waals surface area contributed by atoms with Gasteiger partial charge in [-0.15, -0.1) is 23.2 Å². The lowest BCUT2D eigenvalue weighted by atomic mass is 10.1. The first-order valence-electron chi connectivity index (χ1n) is 9.79. The minimum Gasteiger partial charge on any atom is -0.326 e. The molecule has 1 aliphatic rings. The number of carbonyl (C=O) groups is 2. The van der Waals surface area contributed by atoms with Crippen LogP contribution >= 0.6 is 58.0 Å². The molecule has 12 heteroatoms. The quantitative estimate of drug-likeness (QED) is 0.238. The summed E-state index contributed by atoms with van der Waals surface area (Å²) in [7, 11) is 0. The largest absolute Gasteiger partial charge is 0.326 e. The van der Waals surface area contributed by atoms with Crippen LogP contribution in [0.2, 0.25) is 15.1 Å². The van der Waals surface area contributed by atoms with E-state index < -0.39 is 51.1 Å². The van der Waals surface area contributed by atoms with Crippen LogP contribution in [0.15, 0.2) is 48.5 Å². The number of hydrogen-bond acceptors (Lipinski definition) is 2. The predicted octanol–water partition coefficient (Wildman–Crippen LogP) is 7.84. The second-order valence-electron chi connectivity index (χ2n) is 7.69. The molecule has 4 nitrogen and oxygen atoms in total. The minimum atomic E-state index is -1.74. The van der Waals surface area contributed by atoms with E-state index >= 15 is 0 Å². The Kier molecular flexibility index (Phi) is 7.19. The Labute approximate surface area is 222 Å². The Bertz CT molecular complexity index is 1350. The van der Waals surface area contributed by atoms with Crippen molar-refractivity contribution < 1.29 is 22.8 Å². The number of rotatable bonds is 5. The van der Waals surface area contributed by atoms with E-state index in [-0.39, 0.29) is 16.3 Å². The lowest BCUT2D eigenvalue weighted by Crippen LogP contribution is -2.18. The predicted molar refractivity (Wildman–Crippen MR) is 131 cm³/mol. The molecule has 0 unspecified atom stereocenters. The van der Waals surface area contributed by atoms with Crippen molar-refractivity contribution in [2.75, 3.05) is 10.6 Å². The number of halogens is 8. The van der Waals surface area contributed by atoms with Crippen molar-refractivity contribution in [2.24, 2.45) is 5.92 Å². The number of amides is 2. The summed E-state index contributed by atoms with van der Waals surface area (Å²) in [6.07, 6.45) is 0. The molecule has 3 aromatic carbocycles. The van der Waals surface area contributed by atoms with Crippen LogP contribution in [0.1, 0.15) is 21.8 Å². The van der Waals surface area contributed by atoms with Crippen LogP contribution in [0.3, 0.4) is 0 Å². The Balaban J connectivity index is 1.52. The van der Waals surface area contributed by atoms with E-state index in [9.17, 15) is 22.8 Å². The zero-order chi connectivity index (χ0) is 25.7. The van der Waals surface area contributed by atoms with E-state index in [0.29, 0.717) is 21.7 Å². The molecular weight excluding hydrogens is 571 g/mol. The van der Waals surface area contributed by atoms with Crippen LogP contribution in [0.25, 0.3) is 0 Å². The van der Waals surface area contributed by atoms with Crippen molar-refractivity contribution in [1.82, 2.24) is 0 Å². The average molecular weight is 583 g/mol. The smallest absolute Gasteiger partial charge is 0.257 e. The standard InChI is InChI=1S/C23H12Cl5F3N2O2/c24-10-5-9(6-11(25)7-10)17-18(23(17,27)28)22(35)32-12-1-2-14(26)13(8-12)21(34)33-16-4-3-15(29)19(30)20(16)31/h1-8,17-18H,(H,32,35)(H,33,34)/t17-,18+/m1/s1. The Morgan fingerprint density at radius 1 is 0.829 bits per heavy atom. The molecule has 0 saturated heterocycles. The fraction of sp³-hybridized carbons (Fsp3) is 0.130. The molecule has 1 saturated carbocycles. The van der Waals surface area contributed by atoms with Crippen molar-refractivity contribution in [3.8, 4) is 0 Å². The van der Waals surface area contributed by atoms with E-state index in [2.05, 4.69) is 10.6 Å². The van der Waals surface area contributed by atoms with Crippen molar-refractivity contribution in [2.45, 2.75) is 10.3 Å². The third-order valence-corrected chi connectivity index (χ3v) is 7.05. The van der Waals surface area contributed by atoms with Gasteiger partial charge in [0.25, 0.3) is 5.91 Å². The Morgan fingerprint density at radius 2 is 1.49 bits per heavy atom. The van der Waals surface area contributed by atoms with Crippen LogP contribution < -0.4 is 10.6 Å². The van der Waals surface area contributed by atoms with Crippen LogP contribution in [-0.2, 0) is 4.79 Å². The first-order chi connectivity index (χ1) is 16.4. The number of benzene rings is 3. The Morgan fingerprint density at radius 3 is 2.14 bits per heavy atom. The summed E-state index contributed by atoms with van der Waals surface area (Å²) in [5.41, 5.74) is -0.00773. The zero-order valence-electron chi connectivity index (χ0n) is 17.1. The van der Waals surface area contributed by atoms with Gasteiger partial charge in [-0.3, -0.25) is 9.59 Å². The van der Waals surface area contributed by atoms with Crippen molar-refractivity contribution >= 4 is 81.2 Å². The average Bonchev–Trinajstić information content (AvgIpc) is 3.36. The molecule has 0 aliphatic heterocycles. The third-order valence-electron chi connectivity index (χ3n) is 5.34. The third kappa shape index (κ3) is 5.20. The van der Waals surface area contributed by atoms with Crippen molar-refractivity contribution in [3.05, 3.63) is 92.2 Å². The van der Waals surface area contributed by atoms with E-state index in [1.807, 2.05) is 0 Å². The second kappa shape index (κ2) is 9.71. The van der Waals surface area contributed by atoms with Crippen LogP contribution in [0, 0.1) is 23.4 Å². The van der Waals surface area contributed by atoms with Crippen molar-refractivity contribution in [1.29, 1.82) is 0 Å². The molecule has 182 valence electrons. The SMILES string of the molecule is O=C(Nc1ccc(F)c(F)c1F)c1cc(NC(=O)[C@@H]2[C@@H](c3cc(Cl)cc(Cl)c3)C2(Cl)Cl)ccc1Cl. The van der Waals surface area contributed by atoms with Gasteiger partial charge in [-0.25, -0.2) is 13.2 Å². The molecule has 35 heavy (non-hydrogen) atoms. The topological polar surface area (TPSA) is 58.2 Å². The first-order valence-corrected chi connectivity index (χ1v) is 11.7. The highest BCUT2D eigenvalue weighted by Crippen LogP contribution is 2.65. The van der Waals surface area contributed by atoms with Gasteiger partial charge in [0.2, 0.25) is 5.91 Å². The van der Waals surface area contributed by atoms with E-state index in [1.54, 1.807) is 12.1 Å². The van der Waals surface area contributed by atoms with Gasteiger partial charge in [0, 0.05) is 21.7 Å². The molecule has 2 atom stereocenters. The molecule has 0 radical (unpaired) electrons. The zero-order valence-corrected chi connectivity index (χ0v) is 20.9. The maximum absolute atomic E-state index is 13.9. The lowest BCUT2D eigenvalue weighted by Gasteiger charge is -2.11. The molecular formula is C23H12Cl5F3N2O2. The molecule has 0 spiro atoms. The van der Waals surface area contributed by atoms with Crippen LogP contribution in [0.5, 0.6) is 0 Å². The van der Waals surface area contributed by atoms with E-state index in [4.69, 9.17) is 58.0 Å². The molecule has 2 amide bonds. The van der Waals surface area contributed by atoms with Gasteiger partial charge in [-0.1, -0.05) is 34.8 Å². The number of anilines is 2. The molecule has 0 bridgehead atoms. The highest BCUT2D eigenvalue weighted by Gasteiger charge is 2.67. The molecule has 1 fully saturated rings. The second-order valence-corrected chi connectivity index (χ2v) is 10.4. The van der Waals surface area contributed by atoms with Crippen LogP contribution in [-0.4, -0.2) is 16.1 Å². The monoisotopic (exact) mass is 580 g/mol. The minimum absolute atomic E-state index is 0.0367. The van der Waals surface area contributed by atoms with Gasteiger partial charge in [0.15, 0.2) is 17.5 Å². The molecule has 2 N–H and O–H groups in total. The van der Waals surface area contributed by atoms with Gasteiger partial charge >= 0.3 is 0 Å². The first kappa shape index (κ1) is 25.9. The summed E-state index contributed by atoms with van der Waals surface area (Å²) in [5.74, 6) is -7.62. The van der Waals surface area contributed by atoms with Gasteiger partial charge in [0.1, 0.15) is 4.33 Å². The fourth-order valence-electron chi connectivity index (χ4n) is 3.63. The highest BCUT2D eigenvalue weighted by molar-refractivity contribution is 6.53. The summed E-state index contributed by atoms with van der Waals surface area (Å²) < 4.78 is 39.1. The van der Waals surface area contributed by atoms with Gasteiger partial charge in [-0.05, 0) is 54.1 Å². The van der Waals surface area contributed by atoms with E-state index in [0.717, 1.165) is 6.07 Å². The number of hydrogen-bond donors (Lipinski definition) is 2. The summed E-state index contributed by atoms with van der Waals surface area (Å²) in [5, 5.41) is 5.40. The number of alkyl halides is 2. The van der Waals surface area contributed by atoms with E-state index in [1.165, 1.54) is 24.3 Å². The van der Waals surface area contributed by atoms with Gasteiger partial charge in [0.05, 0.1) is 22.2 Å². The van der Waals surface area contributed by atoms with Gasteiger partial charge in [-0.2, -0.15) is 0 Å². The number of carbonyl (C=O) groups excluding carboxylic acids is 2. The molecule has 0 aromatic heterocycles. The molecule has 1 aliphatic carbocycles. The summed E-state index contributed by atoms with van der Waals surface area (Å²) >= 11 is 30.8. The summed E-state index contributed by atoms with van der Waals surface area (Å²) in [4.78, 5) is 25.5. The molecule has 0 heterocycles. The maximum Gasteiger partial charge on any atom is 0.257 e. The fourth-order valence-corrected chi connectivity index (χ4v) is 5.21. The number of nitrogens with one attached hydrogen (secondary N) is 2. The molecule has 3 aromatic rings. The lowest BCUT2D eigenvalue weighted by molar-refractivity contribution is -0.117. The Hall–Kier alpha value is -2.16. The maximum atomic E-state index is 13.9. The molecule has 4 rings (SSSR count). The van der Waals surface area contributed by atoms with Gasteiger partial charge < -0.3 is 10.6 Å². The van der Waals surface area contributed by atoms with Crippen LogP contribution in [0.4, 0.5) is 24.5 Å². The van der Waals surface area contributed by atoms with Crippen molar-refractivity contribution in [3.63, 3.8) is 0 Å². The summed E-state index contributed by atoms with van der Waals surface area (Å²) in [6, 6.07) is 10.2. The summed E-state index contributed by atoms with van der Waals surface area (Å²) in [6.45, 7) is 0. The highest BCUT2D eigenvalue weighted by atomic mass is 35.5.